The van der Waals surface area contributed by atoms with Crippen molar-refractivity contribution in [3.63, 3.8) is 0 Å². The molecule has 5 nitrogen and oxygen atoms in total. The Hall–Kier alpha value is -2.84. The maximum atomic E-state index is 14.3. The summed E-state index contributed by atoms with van der Waals surface area (Å²) >= 11 is 1.55. The minimum Gasteiger partial charge on any atom is -0.454 e. The van der Waals surface area contributed by atoms with Gasteiger partial charge in [0.25, 0.3) is 5.56 Å². The fraction of sp³-hybridized carbons (Fsp3) is 0.261. The van der Waals surface area contributed by atoms with Crippen LogP contribution in [0.25, 0.3) is 11.1 Å². The molecule has 162 valence electrons. The number of benzene rings is 2. The zero-order valence-electron chi connectivity index (χ0n) is 17.3. The number of rotatable bonds is 6. The van der Waals surface area contributed by atoms with Crippen molar-refractivity contribution in [2.45, 2.75) is 19.9 Å². The fourth-order valence-electron chi connectivity index (χ4n) is 3.68. The van der Waals surface area contributed by atoms with E-state index in [0.717, 1.165) is 52.4 Å². The predicted molar refractivity (Wildman–Crippen MR) is 121 cm³/mol. The Morgan fingerprint density at radius 3 is 2.71 bits per heavy atom. The molecule has 1 aliphatic heterocycles. The summed E-state index contributed by atoms with van der Waals surface area (Å²) in [5, 5.41) is 3.32. The maximum absolute atomic E-state index is 14.3. The lowest BCUT2D eigenvalue weighted by Crippen LogP contribution is -2.33. The minimum atomic E-state index is -0.779. The molecule has 0 atom stereocenters. The van der Waals surface area contributed by atoms with Crippen LogP contribution in [0.15, 0.2) is 47.4 Å². The molecule has 0 radical (unpaired) electrons. The Labute approximate surface area is 183 Å². The van der Waals surface area contributed by atoms with E-state index in [2.05, 4.69) is 10.0 Å². The van der Waals surface area contributed by atoms with Gasteiger partial charge in [0.15, 0.2) is 11.6 Å². The topological polar surface area (TPSA) is 55.3 Å². The first-order chi connectivity index (χ1) is 15.0. The van der Waals surface area contributed by atoms with Crippen molar-refractivity contribution >= 4 is 17.6 Å². The second kappa shape index (κ2) is 9.11. The lowest BCUT2D eigenvalue weighted by molar-refractivity contribution is 0.439. The monoisotopic (exact) mass is 443 g/mol. The number of fused-ring (bicyclic) bond motifs is 1. The van der Waals surface area contributed by atoms with E-state index in [0.29, 0.717) is 18.7 Å². The zero-order chi connectivity index (χ0) is 22.0. The number of hydrogen-bond donors (Lipinski definition) is 2. The molecular formula is C23H23F2N3O2S. The van der Waals surface area contributed by atoms with Crippen LogP contribution in [-0.2, 0) is 20.0 Å². The number of nitrogens with one attached hydrogen (secondary N) is 2. The zero-order valence-corrected chi connectivity index (χ0v) is 18.1. The van der Waals surface area contributed by atoms with Crippen LogP contribution in [0.3, 0.4) is 0 Å². The summed E-state index contributed by atoms with van der Waals surface area (Å²) in [6, 6.07) is 8.74. The van der Waals surface area contributed by atoms with Gasteiger partial charge in [0.05, 0.1) is 0 Å². The van der Waals surface area contributed by atoms with Crippen molar-refractivity contribution in [1.82, 2.24) is 9.88 Å². The Morgan fingerprint density at radius 2 is 1.94 bits per heavy atom. The number of aryl methyl sites for hydroxylation is 1. The quantitative estimate of drug-likeness (QED) is 0.534. The normalized spacial score (nSPS) is 13.0. The van der Waals surface area contributed by atoms with Gasteiger partial charge in [-0.05, 0) is 48.9 Å². The van der Waals surface area contributed by atoms with Crippen molar-refractivity contribution in [3.05, 3.63) is 75.7 Å². The van der Waals surface area contributed by atoms with Gasteiger partial charge in [-0.2, -0.15) is 0 Å². The first kappa shape index (κ1) is 21.4. The molecule has 4 rings (SSSR count). The molecule has 3 aromatic rings. The van der Waals surface area contributed by atoms with Crippen molar-refractivity contribution in [2.24, 2.45) is 7.05 Å². The minimum absolute atomic E-state index is 0.0110. The third-order valence-electron chi connectivity index (χ3n) is 5.16. The largest absolute Gasteiger partial charge is 0.454 e. The molecule has 1 aliphatic rings. The van der Waals surface area contributed by atoms with Gasteiger partial charge >= 0.3 is 0 Å². The van der Waals surface area contributed by atoms with Crippen LogP contribution in [0, 0.1) is 11.6 Å². The third-order valence-corrected chi connectivity index (χ3v) is 5.83. The van der Waals surface area contributed by atoms with Crippen LogP contribution in [-0.4, -0.2) is 16.9 Å². The highest BCUT2D eigenvalue weighted by molar-refractivity contribution is 8.00. The van der Waals surface area contributed by atoms with Gasteiger partial charge in [0.1, 0.15) is 11.6 Å². The summed E-state index contributed by atoms with van der Waals surface area (Å²) in [6.07, 6.45) is 2.43. The molecule has 0 bridgehead atoms. The van der Waals surface area contributed by atoms with E-state index in [9.17, 15) is 13.6 Å². The van der Waals surface area contributed by atoms with E-state index in [1.807, 2.05) is 19.1 Å². The summed E-state index contributed by atoms with van der Waals surface area (Å²) in [7, 11) is 1.73. The second-order valence-electron chi connectivity index (χ2n) is 7.27. The van der Waals surface area contributed by atoms with Crippen LogP contribution in [0.2, 0.25) is 0 Å². The van der Waals surface area contributed by atoms with Gasteiger partial charge in [-0.15, -0.1) is 0 Å². The molecule has 2 N–H and O–H groups in total. The number of aromatic nitrogens is 1. The van der Waals surface area contributed by atoms with Gasteiger partial charge in [0.2, 0.25) is 0 Å². The number of halogens is 2. The second-order valence-corrected chi connectivity index (χ2v) is 8.34. The molecule has 31 heavy (non-hydrogen) atoms. The summed E-state index contributed by atoms with van der Waals surface area (Å²) < 4.78 is 38.3. The average Bonchev–Trinajstić information content (AvgIpc) is 2.77. The van der Waals surface area contributed by atoms with E-state index >= 15 is 0 Å². The molecule has 0 amide bonds. The molecule has 0 spiro atoms. The van der Waals surface area contributed by atoms with Crippen LogP contribution >= 0.6 is 11.9 Å². The molecule has 0 fully saturated rings. The highest BCUT2D eigenvalue weighted by Crippen LogP contribution is 2.39. The first-order valence-corrected chi connectivity index (χ1v) is 11.0. The SMILES string of the molecule is CCSNc1ccc(Oc2ccc(F)cc2F)c(-c2cn(C)c(=O)c3c2CNCC3)c1. The average molecular weight is 444 g/mol. The van der Waals surface area contributed by atoms with Crippen LogP contribution in [0.4, 0.5) is 14.5 Å². The Balaban J connectivity index is 1.87. The number of anilines is 1. The van der Waals surface area contributed by atoms with Crippen LogP contribution in [0.1, 0.15) is 18.1 Å². The van der Waals surface area contributed by atoms with Gasteiger partial charge in [-0.25, -0.2) is 8.78 Å². The molecule has 0 aliphatic carbocycles. The number of hydrogen-bond acceptors (Lipinski definition) is 5. The Bertz CT molecular complexity index is 1180. The molecule has 2 aromatic carbocycles. The lowest BCUT2D eigenvalue weighted by Gasteiger charge is -2.23. The van der Waals surface area contributed by atoms with E-state index in [-0.39, 0.29) is 11.3 Å². The van der Waals surface area contributed by atoms with E-state index in [4.69, 9.17) is 4.74 Å². The van der Waals surface area contributed by atoms with Crippen LogP contribution < -0.4 is 20.3 Å². The first-order valence-electron chi connectivity index (χ1n) is 10.0. The van der Waals surface area contributed by atoms with E-state index in [1.165, 1.54) is 6.07 Å². The van der Waals surface area contributed by atoms with Crippen LogP contribution in [0.5, 0.6) is 11.5 Å². The summed E-state index contributed by atoms with van der Waals surface area (Å²) in [4.78, 5) is 12.7. The fourth-order valence-corrected chi connectivity index (χ4v) is 4.12. The number of pyridine rings is 1. The Morgan fingerprint density at radius 1 is 1.13 bits per heavy atom. The van der Waals surface area contributed by atoms with Crippen molar-refractivity contribution in [3.8, 4) is 22.6 Å². The molecule has 1 aromatic heterocycles. The molecule has 2 heterocycles. The standard InChI is InChI=1S/C23H23F2N3O2S/c1-3-31-27-15-5-7-21(30-22-6-4-14(24)10-20(22)25)17(11-15)19-13-28(2)23(29)16-8-9-26-12-18(16)19/h4-7,10-11,13,26-27H,3,8-9,12H2,1-2H3. The van der Waals surface area contributed by atoms with Crippen molar-refractivity contribution in [2.75, 3.05) is 17.0 Å². The van der Waals surface area contributed by atoms with Gasteiger partial charge < -0.3 is 19.3 Å². The number of ether oxygens (including phenoxy) is 1. The smallest absolute Gasteiger partial charge is 0.253 e. The number of nitrogens with zero attached hydrogens (tertiary/aromatic N) is 1. The summed E-state index contributed by atoms with van der Waals surface area (Å²) in [5.41, 5.74) is 4.11. The highest BCUT2D eigenvalue weighted by atomic mass is 32.2. The van der Waals surface area contributed by atoms with E-state index < -0.39 is 11.6 Å². The molecule has 8 heteroatoms. The lowest BCUT2D eigenvalue weighted by atomic mass is 9.93. The van der Waals surface area contributed by atoms with Crippen molar-refractivity contribution < 1.29 is 13.5 Å². The summed E-state index contributed by atoms with van der Waals surface area (Å²) in [5.74, 6) is -0.210. The highest BCUT2D eigenvalue weighted by Gasteiger charge is 2.22. The van der Waals surface area contributed by atoms with E-state index in [1.54, 1.807) is 35.8 Å². The third kappa shape index (κ3) is 4.45. The summed E-state index contributed by atoms with van der Waals surface area (Å²) in [6.45, 7) is 3.35. The maximum Gasteiger partial charge on any atom is 0.253 e. The molecule has 0 saturated heterocycles. The molecule has 0 unspecified atom stereocenters. The van der Waals surface area contributed by atoms with Gasteiger partial charge in [-0.3, -0.25) is 4.79 Å². The molecular weight excluding hydrogens is 420 g/mol. The van der Waals surface area contributed by atoms with Crippen molar-refractivity contribution in [1.29, 1.82) is 0 Å². The van der Waals surface area contributed by atoms with Gasteiger partial charge in [0, 0.05) is 54.0 Å². The Kier molecular flexibility index (Phi) is 6.29. The predicted octanol–water partition coefficient (Wildman–Crippen LogP) is 4.85. The molecule has 0 saturated carbocycles. The van der Waals surface area contributed by atoms with Gasteiger partial charge in [-0.1, -0.05) is 18.9 Å².